The molecule has 2 aromatic rings. The molecule has 5 rings (SSSR count). The normalized spacial score (nSPS) is 22.6. The van der Waals surface area contributed by atoms with Crippen molar-refractivity contribution in [2.45, 2.75) is 39.0 Å². The summed E-state index contributed by atoms with van der Waals surface area (Å²) in [5, 5.41) is 0. The molecule has 0 unspecified atom stereocenters. The van der Waals surface area contributed by atoms with Gasteiger partial charge in [0, 0.05) is 44.3 Å². The topological polar surface area (TPSA) is 46.4 Å². The lowest BCUT2D eigenvalue weighted by atomic mass is 9.96. The second-order valence-corrected chi connectivity index (χ2v) is 9.13. The molecule has 3 heterocycles. The number of esters is 1. The van der Waals surface area contributed by atoms with Crippen molar-refractivity contribution in [2.75, 3.05) is 39.3 Å². The summed E-state index contributed by atoms with van der Waals surface area (Å²) in [6, 6.07) is 10.5. The molecule has 2 aromatic carbocycles. The highest BCUT2D eigenvalue weighted by Crippen LogP contribution is 2.30. The summed E-state index contributed by atoms with van der Waals surface area (Å²) in [5.74, 6) is -0.195. The average molecular weight is 468 g/mol. The molecule has 2 fully saturated rings. The monoisotopic (exact) mass is 467 g/mol. The molecule has 0 radical (unpaired) electrons. The predicted molar refractivity (Wildman–Crippen MR) is 129 cm³/mol. The molecule has 0 aliphatic carbocycles. The molecular formula is C26H30ClN3O3. The number of hydrogen-bond donors (Lipinski definition) is 0. The zero-order chi connectivity index (χ0) is 22.2. The Morgan fingerprint density at radius 2 is 2.00 bits per heavy atom. The molecule has 2 saturated heterocycles. The Balaban J connectivity index is 0.00000259. The van der Waals surface area contributed by atoms with E-state index in [1.54, 1.807) is 0 Å². The van der Waals surface area contributed by atoms with E-state index < -0.39 is 0 Å². The van der Waals surface area contributed by atoms with E-state index in [-0.39, 0.29) is 24.5 Å². The van der Waals surface area contributed by atoms with Gasteiger partial charge in [-0.1, -0.05) is 24.3 Å². The van der Waals surface area contributed by atoms with Gasteiger partial charge >= 0.3 is 5.97 Å². The van der Waals surface area contributed by atoms with Crippen molar-refractivity contribution in [1.82, 2.24) is 9.80 Å². The lowest BCUT2D eigenvalue weighted by molar-refractivity contribution is -0.0901. The first-order valence-corrected chi connectivity index (χ1v) is 11.4. The van der Waals surface area contributed by atoms with Gasteiger partial charge in [-0.2, -0.15) is 0 Å². The molecule has 2 atom stereocenters. The van der Waals surface area contributed by atoms with Gasteiger partial charge in [-0.05, 0) is 48.6 Å². The van der Waals surface area contributed by atoms with E-state index in [1.165, 1.54) is 16.7 Å². The summed E-state index contributed by atoms with van der Waals surface area (Å²) in [7, 11) is 0. The molecule has 7 heteroatoms. The van der Waals surface area contributed by atoms with Crippen molar-refractivity contribution in [2.24, 2.45) is 0 Å². The summed E-state index contributed by atoms with van der Waals surface area (Å²) >= 11 is 0. The van der Waals surface area contributed by atoms with Crippen LogP contribution in [0.3, 0.4) is 0 Å². The molecule has 174 valence electrons. The van der Waals surface area contributed by atoms with E-state index in [9.17, 15) is 4.79 Å². The van der Waals surface area contributed by atoms with E-state index in [4.69, 9.17) is 16.0 Å². The molecule has 0 N–H and O–H groups in total. The maximum atomic E-state index is 11.8. The van der Waals surface area contributed by atoms with Crippen LogP contribution in [0.2, 0.25) is 0 Å². The van der Waals surface area contributed by atoms with Crippen LogP contribution in [-0.4, -0.2) is 61.1 Å². The Labute approximate surface area is 201 Å². The second kappa shape index (κ2) is 9.82. The molecule has 6 nitrogen and oxygen atoms in total. The number of piperazine rings is 1. The minimum absolute atomic E-state index is 0. The van der Waals surface area contributed by atoms with E-state index in [0.717, 1.165) is 62.4 Å². The van der Waals surface area contributed by atoms with Crippen LogP contribution in [-0.2, 0) is 22.5 Å². The number of halogens is 1. The Hall–Kier alpha value is -2.43. The Morgan fingerprint density at radius 3 is 2.79 bits per heavy atom. The summed E-state index contributed by atoms with van der Waals surface area (Å²) in [4.78, 5) is 20.4. The number of carbonyl (C=O) groups is 1. The largest absolute Gasteiger partial charge is 0.457 e. The molecule has 3 aliphatic heterocycles. The number of carbonyl (C=O) groups excluding carboxylic acids is 1. The number of morpholine rings is 1. The fourth-order valence-corrected chi connectivity index (χ4v) is 5.21. The molecule has 0 saturated carbocycles. The number of nitrogens with zero attached hydrogens (tertiary/aromatic N) is 3. The van der Waals surface area contributed by atoms with Crippen LogP contribution in [0.4, 0.5) is 5.69 Å². The third-order valence-electron chi connectivity index (χ3n) is 7.27. The number of rotatable bonds is 4. The third-order valence-corrected chi connectivity index (χ3v) is 7.27. The summed E-state index contributed by atoms with van der Waals surface area (Å²) in [5.41, 5.74) is 7.21. The van der Waals surface area contributed by atoms with Crippen LogP contribution in [0.1, 0.15) is 44.3 Å². The van der Waals surface area contributed by atoms with Crippen molar-refractivity contribution in [3.63, 3.8) is 0 Å². The van der Waals surface area contributed by atoms with Gasteiger partial charge in [0.1, 0.15) is 6.61 Å². The first-order chi connectivity index (χ1) is 15.5. The molecule has 0 amide bonds. The van der Waals surface area contributed by atoms with Gasteiger partial charge in [0.05, 0.1) is 24.8 Å². The van der Waals surface area contributed by atoms with Gasteiger partial charge in [-0.25, -0.2) is 9.64 Å². The molecule has 0 aromatic heterocycles. The summed E-state index contributed by atoms with van der Waals surface area (Å²) in [6.45, 7) is 17.5. The van der Waals surface area contributed by atoms with Gasteiger partial charge in [0.15, 0.2) is 5.69 Å². The van der Waals surface area contributed by atoms with Gasteiger partial charge < -0.3 is 14.4 Å². The molecule has 3 aliphatic rings. The van der Waals surface area contributed by atoms with Crippen LogP contribution < -0.4 is 0 Å². The van der Waals surface area contributed by atoms with E-state index in [1.807, 2.05) is 25.1 Å². The first-order valence-electron chi connectivity index (χ1n) is 11.4. The molecule has 0 spiro atoms. The van der Waals surface area contributed by atoms with E-state index in [0.29, 0.717) is 18.3 Å². The molecule has 33 heavy (non-hydrogen) atoms. The lowest BCUT2D eigenvalue weighted by Gasteiger charge is -2.46. The SMILES string of the molecule is Cl.[C-]#[N+]c1ccc([C@@H]2CN3CCN(CCc4ccc5c(c4C)COC5=O)C[C@@H]3CO2)cc1C. The summed E-state index contributed by atoms with van der Waals surface area (Å²) in [6.07, 6.45) is 1.06. The van der Waals surface area contributed by atoms with E-state index in [2.05, 4.69) is 33.7 Å². The van der Waals surface area contributed by atoms with E-state index >= 15 is 0 Å². The standard InChI is InChI=1S/C26H29N3O3.ClH/c1-17-12-20(5-7-24(17)27-3)25-14-29-11-10-28(13-21(29)15-31-25)9-8-19-4-6-22-23(18(19)2)16-32-26(22)30;/h4-7,12,21,25H,8-11,13-16H2,1-2H3;1H/t21-,25+;/m1./s1. The number of cyclic esters (lactones) is 1. The minimum atomic E-state index is -0.195. The molecule has 0 bridgehead atoms. The van der Waals surface area contributed by atoms with Crippen molar-refractivity contribution in [3.8, 4) is 0 Å². The van der Waals surface area contributed by atoms with Gasteiger partial charge in [0.25, 0.3) is 0 Å². The smallest absolute Gasteiger partial charge is 0.338 e. The van der Waals surface area contributed by atoms with Gasteiger partial charge in [-0.3, -0.25) is 4.90 Å². The van der Waals surface area contributed by atoms with Crippen molar-refractivity contribution in [1.29, 1.82) is 0 Å². The van der Waals surface area contributed by atoms with Crippen molar-refractivity contribution in [3.05, 3.63) is 75.1 Å². The number of ether oxygens (including phenoxy) is 2. The Kier molecular flexibility index (Phi) is 7.06. The Morgan fingerprint density at radius 1 is 1.15 bits per heavy atom. The van der Waals surface area contributed by atoms with Crippen molar-refractivity contribution < 1.29 is 14.3 Å². The fourth-order valence-electron chi connectivity index (χ4n) is 5.21. The quantitative estimate of drug-likeness (QED) is 0.497. The number of fused-ring (bicyclic) bond motifs is 2. The predicted octanol–water partition coefficient (Wildman–Crippen LogP) is 4.25. The fraction of sp³-hybridized carbons (Fsp3) is 0.462. The number of hydrogen-bond acceptors (Lipinski definition) is 5. The highest BCUT2D eigenvalue weighted by atomic mass is 35.5. The molecular weight excluding hydrogens is 438 g/mol. The summed E-state index contributed by atoms with van der Waals surface area (Å²) < 4.78 is 11.5. The number of aryl methyl sites for hydroxylation is 1. The highest BCUT2D eigenvalue weighted by Gasteiger charge is 2.34. The van der Waals surface area contributed by atoms with Gasteiger partial charge in [0.2, 0.25) is 0 Å². The van der Waals surface area contributed by atoms with Gasteiger partial charge in [-0.15, -0.1) is 12.4 Å². The maximum Gasteiger partial charge on any atom is 0.338 e. The zero-order valence-corrected chi connectivity index (χ0v) is 20.0. The first kappa shape index (κ1) is 23.7. The highest BCUT2D eigenvalue weighted by molar-refractivity contribution is 5.93. The number of benzene rings is 2. The van der Waals surface area contributed by atoms with Crippen LogP contribution in [0.5, 0.6) is 0 Å². The maximum absolute atomic E-state index is 11.8. The third kappa shape index (κ3) is 4.64. The minimum Gasteiger partial charge on any atom is -0.457 e. The van der Waals surface area contributed by atoms with Crippen LogP contribution >= 0.6 is 12.4 Å². The van der Waals surface area contributed by atoms with Crippen LogP contribution in [0, 0.1) is 20.4 Å². The average Bonchev–Trinajstić information content (AvgIpc) is 3.19. The zero-order valence-electron chi connectivity index (χ0n) is 19.2. The van der Waals surface area contributed by atoms with Crippen LogP contribution in [0.15, 0.2) is 30.3 Å². The lowest BCUT2D eigenvalue weighted by Crippen LogP contribution is -2.58. The second-order valence-electron chi connectivity index (χ2n) is 9.13. The van der Waals surface area contributed by atoms with Crippen molar-refractivity contribution >= 4 is 24.1 Å². The Bertz CT molecular complexity index is 1100. The van der Waals surface area contributed by atoms with Crippen LogP contribution in [0.25, 0.3) is 4.85 Å².